The number of benzene rings is 2. The SMILES string of the molecule is Cn1c(-c2cc3ccccc3o2)nc2oc(C=C3C(=O)c4cc(Cl)c(Cl)cc4C3=O)cc21. The van der Waals surface area contributed by atoms with Gasteiger partial charge in [0.25, 0.3) is 0 Å². The van der Waals surface area contributed by atoms with E-state index in [9.17, 15) is 9.59 Å². The molecule has 156 valence electrons. The maximum absolute atomic E-state index is 12.8. The van der Waals surface area contributed by atoms with Crippen molar-refractivity contribution in [2.24, 2.45) is 7.05 Å². The van der Waals surface area contributed by atoms with E-state index in [1.54, 1.807) is 6.07 Å². The van der Waals surface area contributed by atoms with Gasteiger partial charge in [0, 0.05) is 29.6 Å². The molecule has 0 unspecified atom stereocenters. The number of halogens is 2. The minimum Gasteiger partial charge on any atom is -0.453 e. The van der Waals surface area contributed by atoms with E-state index in [0.29, 0.717) is 28.6 Å². The lowest BCUT2D eigenvalue weighted by Gasteiger charge is -1.98. The van der Waals surface area contributed by atoms with Crippen LogP contribution in [0, 0.1) is 0 Å². The van der Waals surface area contributed by atoms with Gasteiger partial charge in [-0.25, -0.2) is 0 Å². The number of allylic oxidation sites excluding steroid dienone is 1. The van der Waals surface area contributed by atoms with Crippen LogP contribution in [0.15, 0.2) is 62.9 Å². The van der Waals surface area contributed by atoms with Crippen LogP contribution in [0.2, 0.25) is 10.0 Å². The predicted molar refractivity (Wildman–Crippen MR) is 121 cm³/mol. The third kappa shape index (κ3) is 2.70. The largest absolute Gasteiger partial charge is 0.453 e. The summed E-state index contributed by atoms with van der Waals surface area (Å²) in [7, 11) is 1.84. The summed E-state index contributed by atoms with van der Waals surface area (Å²) in [5, 5.41) is 1.42. The van der Waals surface area contributed by atoms with Gasteiger partial charge in [0.2, 0.25) is 5.71 Å². The monoisotopic (exact) mass is 462 g/mol. The highest BCUT2D eigenvalue weighted by Gasteiger charge is 2.34. The van der Waals surface area contributed by atoms with Gasteiger partial charge in [0.1, 0.15) is 16.9 Å². The number of rotatable bonds is 2. The number of ketones is 2. The lowest BCUT2D eigenvalue weighted by atomic mass is 10.1. The van der Waals surface area contributed by atoms with E-state index in [2.05, 4.69) is 4.98 Å². The quantitative estimate of drug-likeness (QED) is 0.225. The van der Waals surface area contributed by atoms with Crippen molar-refractivity contribution in [3.05, 3.63) is 81.0 Å². The second-order valence-corrected chi connectivity index (χ2v) is 8.32. The van der Waals surface area contributed by atoms with Gasteiger partial charge in [-0.2, -0.15) is 4.98 Å². The van der Waals surface area contributed by atoms with Gasteiger partial charge in [-0.05, 0) is 30.3 Å². The Morgan fingerprint density at radius 3 is 2.28 bits per heavy atom. The molecule has 32 heavy (non-hydrogen) atoms. The highest BCUT2D eigenvalue weighted by atomic mass is 35.5. The summed E-state index contributed by atoms with van der Waals surface area (Å²) in [6.07, 6.45) is 1.43. The van der Waals surface area contributed by atoms with E-state index < -0.39 is 11.6 Å². The predicted octanol–water partition coefficient (Wildman–Crippen LogP) is 6.35. The minimum absolute atomic E-state index is 0.00472. The summed E-state index contributed by atoms with van der Waals surface area (Å²) >= 11 is 12.0. The Balaban J connectivity index is 1.40. The van der Waals surface area contributed by atoms with Crippen LogP contribution in [-0.2, 0) is 7.05 Å². The first-order valence-corrected chi connectivity index (χ1v) is 10.4. The van der Waals surface area contributed by atoms with Gasteiger partial charge < -0.3 is 13.4 Å². The Morgan fingerprint density at radius 1 is 0.938 bits per heavy atom. The average Bonchev–Trinajstić information content (AvgIpc) is 3.50. The summed E-state index contributed by atoms with van der Waals surface area (Å²) in [6, 6.07) is 14.2. The summed E-state index contributed by atoms with van der Waals surface area (Å²) in [5.74, 6) is 0.736. The molecule has 0 spiro atoms. The molecule has 0 bridgehead atoms. The fourth-order valence-electron chi connectivity index (χ4n) is 3.97. The number of imidazole rings is 1. The minimum atomic E-state index is -0.417. The second kappa shape index (κ2) is 6.69. The number of hydrogen-bond donors (Lipinski definition) is 0. The lowest BCUT2D eigenvalue weighted by Crippen LogP contribution is -1.99. The topological polar surface area (TPSA) is 78.2 Å². The van der Waals surface area contributed by atoms with Gasteiger partial charge in [0.05, 0.1) is 15.6 Å². The first kappa shape index (κ1) is 19.1. The third-order valence-electron chi connectivity index (χ3n) is 5.57. The number of aryl methyl sites for hydroxylation is 1. The van der Waals surface area contributed by atoms with E-state index in [0.717, 1.165) is 11.0 Å². The van der Waals surface area contributed by atoms with Crippen LogP contribution in [0.25, 0.3) is 39.9 Å². The van der Waals surface area contributed by atoms with Gasteiger partial charge in [0.15, 0.2) is 23.2 Å². The van der Waals surface area contributed by atoms with Crippen LogP contribution in [0.3, 0.4) is 0 Å². The number of aromatic nitrogens is 2. The molecule has 1 aliphatic carbocycles. The molecule has 0 atom stereocenters. The normalized spacial score (nSPS) is 13.5. The lowest BCUT2D eigenvalue weighted by molar-refractivity contribution is 0.0990. The van der Waals surface area contributed by atoms with Crippen LogP contribution < -0.4 is 0 Å². The molecule has 0 amide bonds. The molecular weight excluding hydrogens is 451 g/mol. The smallest absolute Gasteiger partial charge is 0.245 e. The second-order valence-electron chi connectivity index (χ2n) is 7.51. The van der Waals surface area contributed by atoms with Gasteiger partial charge in [-0.1, -0.05) is 41.4 Å². The number of carbonyl (C=O) groups excluding carboxylic acids is 2. The maximum Gasteiger partial charge on any atom is 0.245 e. The van der Waals surface area contributed by atoms with E-state index in [4.69, 9.17) is 32.0 Å². The van der Waals surface area contributed by atoms with Crippen LogP contribution in [0.4, 0.5) is 0 Å². The summed E-state index contributed by atoms with van der Waals surface area (Å²) in [5.41, 5.74) is 2.31. The standard InChI is InChI=1S/C24H12Cl2N2O4/c1-28-18-8-12(7-15-21(29)13-9-16(25)17(26)10-14(13)22(15)30)31-24(18)27-23(28)20-6-11-4-2-3-5-19(11)32-20/h2-10H,1H3. The number of carbonyl (C=O) groups is 2. The van der Waals surface area contributed by atoms with Crippen molar-refractivity contribution in [2.45, 2.75) is 0 Å². The number of Topliss-reactive ketones (excluding diaryl/α,β-unsaturated/α-hetero) is 2. The molecule has 0 radical (unpaired) electrons. The molecule has 3 heterocycles. The molecule has 6 nitrogen and oxygen atoms in total. The molecular formula is C24H12Cl2N2O4. The Kier molecular flexibility index (Phi) is 4.00. The zero-order valence-corrected chi connectivity index (χ0v) is 18.0. The fourth-order valence-corrected chi connectivity index (χ4v) is 4.30. The Labute approximate surface area is 190 Å². The summed E-state index contributed by atoms with van der Waals surface area (Å²) in [4.78, 5) is 30.1. The molecule has 2 aromatic carbocycles. The highest BCUT2D eigenvalue weighted by Crippen LogP contribution is 2.35. The number of furan rings is 2. The third-order valence-corrected chi connectivity index (χ3v) is 6.29. The van der Waals surface area contributed by atoms with E-state index in [-0.39, 0.29) is 26.7 Å². The van der Waals surface area contributed by atoms with Crippen molar-refractivity contribution >= 4 is 63.0 Å². The van der Waals surface area contributed by atoms with Gasteiger partial charge in [-0.15, -0.1) is 0 Å². The summed E-state index contributed by atoms with van der Waals surface area (Å²) in [6.45, 7) is 0. The van der Waals surface area contributed by atoms with E-state index in [1.807, 2.05) is 41.9 Å². The zero-order valence-electron chi connectivity index (χ0n) is 16.5. The fraction of sp³-hybridized carbons (Fsp3) is 0.0417. The van der Waals surface area contributed by atoms with E-state index in [1.165, 1.54) is 18.2 Å². The van der Waals surface area contributed by atoms with E-state index >= 15 is 0 Å². The molecule has 1 aliphatic rings. The number of fused-ring (bicyclic) bond motifs is 3. The molecule has 0 saturated carbocycles. The maximum atomic E-state index is 12.8. The summed E-state index contributed by atoms with van der Waals surface area (Å²) < 4.78 is 13.6. The van der Waals surface area contributed by atoms with Crippen molar-refractivity contribution < 1.29 is 18.4 Å². The zero-order chi connectivity index (χ0) is 22.1. The van der Waals surface area contributed by atoms with Gasteiger partial charge >= 0.3 is 0 Å². The Hall–Kier alpha value is -3.61. The number of para-hydroxylation sites is 1. The first-order valence-electron chi connectivity index (χ1n) is 9.66. The molecule has 0 fully saturated rings. The average molecular weight is 463 g/mol. The number of nitrogens with zero attached hydrogens (tertiary/aromatic N) is 2. The van der Waals surface area contributed by atoms with Crippen molar-refractivity contribution in [1.82, 2.24) is 9.55 Å². The van der Waals surface area contributed by atoms with Gasteiger partial charge in [-0.3, -0.25) is 9.59 Å². The molecule has 3 aromatic heterocycles. The molecule has 8 heteroatoms. The molecule has 6 rings (SSSR count). The molecule has 0 N–H and O–H groups in total. The van der Waals surface area contributed by atoms with Crippen molar-refractivity contribution in [2.75, 3.05) is 0 Å². The number of hydrogen-bond acceptors (Lipinski definition) is 5. The van der Waals surface area contributed by atoms with Crippen LogP contribution in [0.5, 0.6) is 0 Å². The van der Waals surface area contributed by atoms with Crippen LogP contribution in [0.1, 0.15) is 26.5 Å². The van der Waals surface area contributed by atoms with Crippen LogP contribution in [-0.4, -0.2) is 21.1 Å². The molecule has 0 saturated heterocycles. The molecule has 0 aliphatic heterocycles. The Bertz CT molecular complexity index is 1580. The molecule has 5 aromatic rings. The Morgan fingerprint density at radius 2 is 1.62 bits per heavy atom. The van der Waals surface area contributed by atoms with Crippen molar-refractivity contribution in [3.63, 3.8) is 0 Å². The van der Waals surface area contributed by atoms with Crippen molar-refractivity contribution in [3.8, 4) is 11.6 Å². The first-order chi connectivity index (χ1) is 15.4. The highest BCUT2D eigenvalue weighted by molar-refractivity contribution is 6.46. The van der Waals surface area contributed by atoms with Crippen molar-refractivity contribution in [1.29, 1.82) is 0 Å². The van der Waals surface area contributed by atoms with Crippen LogP contribution >= 0.6 is 23.2 Å².